The molecule has 0 amide bonds. The van der Waals surface area contributed by atoms with Crippen molar-refractivity contribution < 1.29 is 9.47 Å². The van der Waals surface area contributed by atoms with Crippen molar-refractivity contribution in [2.45, 2.75) is 19.3 Å². The van der Waals surface area contributed by atoms with Gasteiger partial charge in [0, 0.05) is 6.54 Å². The fourth-order valence-corrected chi connectivity index (χ4v) is 2.21. The zero-order chi connectivity index (χ0) is 12.5. The second-order valence-electron chi connectivity index (χ2n) is 4.68. The van der Waals surface area contributed by atoms with E-state index in [0.29, 0.717) is 13.2 Å². The first-order chi connectivity index (χ1) is 8.95. The molecule has 1 heterocycles. The highest BCUT2D eigenvalue weighted by molar-refractivity contribution is 5.20. The molecule has 0 N–H and O–H groups in total. The summed E-state index contributed by atoms with van der Waals surface area (Å²) in [6.07, 6.45) is 4.08. The molecule has 0 radical (unpaired) electrons. The Morgan fingerprint density at radius 2 is 1.67 bits per heavy atom. The van der Waals surface area contributed by atoms with Gasteiger partial charge in [0.1, 0.15) is 12.4 Å². The average Bonchev–Trinajstić information content (AvgIpc) is 2.45. The van der Waals surface area contributed by atoms with Crippen LogP contribution in [0.25, 0.3) is 0 Å². The smallest absolute Gasteiger partial charge is 0.119 e. The van der Waals surface area contributed by atoms with Crippen LogP contribution in [-0.2, 0) is 4.74 Å². The van der Waals surface area contributed by atoms with E-state index in [4.69, 9.17) is 9.47 Å². The van der Waals surface area contributed by atoms with Crippen LogP contribution in [0.5, 0.6) is 5.75 Å². The second-order valence-corrected chi connectivity index (χ2v) is 4.68. The van der Waals surface area contributed by atoms with Crippen LogP contribution in [0, 0.1) is 0 Å². The summed E-state index contributed by atoms with van der Waals surface area (Å²) in [5.41, 5.74) is 0. The molecule has 0 spiro atoms. The summed E-state index contributed by atoms with van der Waals surface area (Å²) in [6.45, 7) is 5.66. The van der Waals surface area contributed by atoms with E-state index in [2.05, 4.69) is 4.90 Å². The Morgan fingerprint density at radius 1 is 0.889 bits per heavy atom. The topological polar surface area (TPSA) is 21.7 Å². The van der Waals surface area contributed by atoms with E-state index in [1.807, 2.05) is 30.3 Å². The van der Waals surface area contributed by atoms with E-state index < -0.39 is 0 Å². The van der Waals surface area contributed by atoms with Crippen LogP contribution >= 0.6 is 0 Å². The molecular formula is C15H23NO2. The molecule has 1 aliphatic heterocycles. The number of hydrogen-bond acceptors (Lipinski definition) is 3. The van der Waals surface area contributed by atoms with Crippen LogP contribution in [0.15, 0.2) is 30.3 Å². The minimum absolute atomic E-state index is 0.629. The Balaban J connectivity index is 1.46. The molecule has 1 aromatic rings. The van der Waals surface area contributed by atoms with Gasteiger partial charge in [0.05, 0.1) is 13.2 Å². The predicted molar refractivity (Wildman–Crippen MR) is 73.0 cm³/mol. The van der Waals surface area contributed by atoms with Crippen molar-refractivity contribution in [1.82, 2.24) is 4.90 Å². The maximum Gasteiger partial charge on any atom is 0.119 e. The summed E-state index contributed by atoms with van der Waals surface area (Å²) >= 11 is 0. The van der Waals surface area contributed by atoms with Crippen molar-refractivity contribution in [3.63, 3.8) is 0 Å². The van der Waals surface area contributed by atoms with Gasteiger partial charge in [-0.25, -0.2) is 0 Å². The van der Waals surface area contributed by atoms with E-state index in [1.54, 1.807) is 0 Å². The van der Waals surface area contributed by atoms with E-state index in [1.165, 1.54) is 32.4 Å². The van der Waals surface area contributed by atoms with Crippen molar-refractivity contribution in [1.29, 1.82) is 0 Å². The Hall–Kier alpha value is -1.06. The van der Waals surface area contributed by atoms with Crippen LogP contribution in [0.1, 0.15) is 19.3 Å². The van der Waals surface area contributed by atoms with Crippen molar-refractivity contribution in [3.8, 4) is 5.75 Å². The summed E-state index contributed by atoms with van der Waals surface area (Å²) in [5, 5.41) is 0. The Kier molecular flexibility index (Phi) is 6.03. The second kappa shape index (κ2) is 8.11. The molecule has 1 fully saturated rings. The monoisotopic (exact) mass is 249 g/mol. The minimum Gasteiger partial charge on any atom is -0.491 e. The third-order valence-electron chi connectivity index (χ3n) is 3.24. The van der Waals surface area contributed by atoms with Crippen LogP contribution in [-0.4, -0.2) is 44.4 Å². The van der Waals surface area contributed by atoms with Crippen LogP contribution in [0.3, 0.4) is 0 Å². The molecule has 1 saturated heterocycles. The van der Waals surface area contributed by atoms with Crippen molar-refractivity contribution in [3.05, 3.63) is 30.3 Å². The third-order valence-corrected chi connectivity index (χ3v) is 3.24. The number of hydrogen-bond donors (Lipinski definition) is 0. The third kappa shape index (κ3) is 5.07. The highest BCUT2D eigenvalue weighted by atomic mass is 16.5. The molecule has 2 rings (SSSR count). The van der Waals surface area contributed by atoms with Gasteiger partial charge >= 0.3 is 0 Å². The number of ether oxygens (including phenoxy) is 2. The maximum absolute atomic E-state index is 5.59. The summed E-state index contributed by atoms with van der Waals surface area (Å²) in [4.78, 5) is 2.49. The van der Waals surface area contributed by atoms with Gasteiger partial charge < -0.3 is 14.4 Å². The van der Waals surface area contributed by atoms with Gasteiger partial charge in [-0.3, -0.25) is 0 Å². The average molecular weight is 249 g/mol. The molecule has 3 nitrogen and oxygen atoms in total. The van der Waals surface area contributed by atoms with Gasteiger partial charge in [-0.15, -0.1) is 0 Å². The normalized spacial score (nSPS) is 16.7. The first-order valence-electron chi connectivity index (χ1n) is 6.93. The minimum atomic E-state index is 0.629. The molecule has 18 heavy (non-hydrogen) atoms. The number of piperidine rings is 1. The number of benzene rings is 1. The lowest BCUT2D eigenvalue weighted by atomic mass is 10.1. The molecule has 100 valence electrons. The van der Waals surface area contributed by atoms with Gasteiger partial charge in [-0.1, -0.05) is 24.6 Å². The highest BCUT2D eigenvalue weighted by Gasteiger charge is 2.08. The van der Waals surface area contributed by atoms with Gasteiger partial charge in [0.2, 0.25) is 0 Å². The zero-order valence-electron chi connectivity index (χ0n) is 11.0. The Bertz CT molecular complexity index is 310. The fraction of sp³-hybridized carbons (Fsp3) is 0.600. The van der Waals surface area contributed by atoms with E-state index >= 15 is 0 Å². The molecule has 0 bridgehead atoms. The van der Waals surface area contributed by atoms with Crippen molar-refractivity contribution in [2.75, 3.05) is 39.5 Å². The number of rotatable bonds is 7. The van der Waals surface area contributed by atoms with Crippen LogP contribution in [0.4, 0.5) is 0 Å². The first kappa shape index (κ1) is 13.4. The molecule has 0 aliphatic carbocycles. The molecule has 1 aliphatic rings. The zero-order valence-corrected chi connectivity index (χ0v) is 11.0. The van der Waals surface area contributed by atoms with E-state index in [9.17, 15) is 0 Å². The lowest BCUT2D eigenvalue weighted by Gasteiger charge is -2.26. The molecule has 0 aromatic heterocycles. The molecular weight excluding hydrogens is 226 g/mol. The van der Waals surface area contributed by atoms with E-state index in [0.717, 1.165) is 18.9 Å². The summed E-state index contributed by atoms with van der Waals surface area (Å²) < 4.78 is 11.2. The van der Waals surface area contributed by atoms with Crippen LogP contribution < -0.4 is 4.74 Å². The summed E-state index contributed by atoms with van der Waals surface area (Å²) in [7, 11) is 0. The lowest BCUT2D eigenvalue weighted by Crippen LogP contribution is -2.32. The van der Waals surface area contributed by atoms with Crippen LogP contribution in [0.2, 0.25) is 0 Å². The summed E-state index contributed by atoms with van der Waals surface area (Å²) in [6, 6.07) is 9.88. The standard InChI is InChI=1S/C15H23NO2/c1-3-7-15(8-4-1)18-14-13-17-12-11-16-9-5-2-6-10-16/h1,3-4,7-8H,2,5-6,9-14H2. The Morgan fingerprint density at radius 3 is 2.44 bits per heavy atom. The van der Waals surface area contributed by atoms with E-state index in [-0.39, 0.29) is 0 Å². The predicted octanol–water partition coefficient (Wildman–Crippen LogP) is 2.57. The Labute approximate surface area is 110 Å². The molecule has 0 saturated carbocycles. The quantitative estimate of drug-likeness (QED) is 0.693. The molecule has 0 atom stereocenters. The van der Waals surface area contributed by atoms with Gasteiger partial charge in [-0.2, -0.15) is 0 Å². The van der Waals surface area contributed by atoms with Crippen molar-refractivity contribution >= 4 is 0 Å². The maximum atomic E-state index is 5.59. The highest BCUT2D eigenvalue weighted by Crippen LogP contribution is 2.08. The molecule has 1 aromatic carbocycles. The molecule has 3 heteroatoms. The van der Waals surface area contributed by atoms with Gasteiger partial charge in [0.15, 0.2) is 0 Å². The largest absolute Gasteiger partial charge is 0.491 e. The lowest BCUT2D eigenvalue weighted by molar-refractivity contribution is 0.0750. The van der Waals surface area contributed by atoms with Gasteiger partial charge in [-0.05, 0) is 38.1 Å². The number of para-hydroxylation sites is 1. The number of likely N-dealkylation sites (tertiary alicyclic amines) is 1. The SMILES string of the molecule is c1ccc(OCCOCCN2CCCCC2)cc1. The fourth-order valence-electron chi connectivity index (χ4n) is 2.21. The first-order valence-corrected chi connectivity index (χ1v) is 6.93. The van der Waals surface area contributed by atoms with Crippen molar-refractivity contribution in [2.24, 2.45) is 0 Å². The summed E-state index contributed by atoms with van der Waals surface area (Å²) in [5.74, 6) is 0.914. The number of nitrogens with zero attached hydrogens (tertiary/aromatic N) is 1. The molecule has 0 unspecified atom stereocenters. The van der Waals surface area contributed by atoms with Gasteiger partial charge in [0.25, 0.3) is 0 Å².